The molecule has 0 aromatic heterocycles. The Bertz CT molecular complexity index is 558. The first-order valence-electron chi connectivity index (χ1n) is 7.38. The Kier molecular flexibility index (Phi) is 7.40. The maximum absolute atomic E-state index is 13.4. The summed E-state index contributed by atoms with van der Waals surface area (Å²) >= 11 is 0. The Hall–Kier alpha value is -1.19. The third-order valence-corrected chi connectivity index (χ3v) is 3.94. The lowest BCUT2D eigenvalue weighted by molar-refractivity contribution is -0.153. The number of halogens is 7. The van der Waals surface area contributed by atoms with Crippen LogP contribution in [-0.2, 0) is 6.18 Å². The molecule has 0 saturated carbocycles. The van der Waals surface area contributed by atoms with Crippen molar-refractivity contribution in [3.05, 3.63) is 29.3 Å². The molecule has 1 heterocycles. The van der Waals surface area contributed by atoms with Gasteiger partial charge in [0, 0.05) is 32.2 Å². The van der Waals surface area contributed by atoms with Gasteiger partial charge in [-0.2, -0.15) is 26.3 Å². The number of alkyl halides is 6. The van der Waals surface area contributed by atoms with Crippen LogP contribution in [0, 0.1) is 0 Å². The lowest BCUT2D eigenvalue weighted by Gasteiger charge is -2.36. The van der Waals surface area contributed by atoms with Gasteiger partial charge in [0.1, 0.15) is 5.75 Å². The summed E-state index contributed by atoms with van der Waals surface area (Å²) in [6, 6.07) is 1.71. The first-order chi connectivity index (χ1) is 11.1. The molecule has 3 nitrogen and oxygen atoms in total. The fraction of sp³-hybridized carbons (Fsp3) is 0.600. The van der Waals surface area contributed by atoms with Gasteiger partial charge in [0.25, 0.3) is 0 Å². The Morgan fingerprint density at radius 3 is 2.20 bits per heavy atom. The average Bonchev–Trinajstić information content (AvgIpc) is 2.51. The SMILES string of the molecule is COc1ccc([C@H](CC(F)(F)F)N2CCNCC2)c(C(F)(F)F)c1.Cl. The molecular formula is C15H19ClF6N2O. The highest BCUT2D eigenvalue weighted by Gasteiger charge is 2.41. The van der Waals surface area contributed by atoms with E-state index in [0.717, 1.165) is 12.1 Å². The molecule has 0 aliphatic carbocycles. The van der Waals surface area contributed by atoms with E-state index in [4.69, 9.17) is 4.74 Å². The second-order valence-corrected chi connectivity index (χ2v) is 5.57. The van der Waals surface area contributed by atoms with Crippen LogP contribution in [0.25, 0.3) is 0 Å². The molecule has 0 amide bonds. The van der Waals surface area contributed by atoms with E-state index in [1.165, 1.54) is 18.1 Å². The van der Waals surface area contributed by atoms with Gasteiger partial charge < -0.3 is 10.1 Å². The van der Waals surface area contributed by atoms with Gasteiger partial charge in [0.05, 0.1) is 19.1 Å². The quantitative estimate of drug-likeness (QED) is 0.783. The van der Waals surface area contributed by atoms with E-state index in [1.807, 2.05) is 0 Å². The van der Waals surface area contributed by atoms with Gasteiger partial charge >= 0.3 is 12.4 Å². The summed E-state index contributed by atoms with van der Waals surface area (Å²) < 4.78 is 83.8. The van der Waals surface area contributed by atoms with Crippen LogP contribution in [0.5, 0.6) is 5.75 Å². The fourth-order valence-corrected chi connectivity index (χ4v) is 2.85. The minimum atomic E-state index is -4.76. The van der Waals surface area contributed by atoms with Crippen LogP contribution in [0.3, 0.4) is 0 Å². The van der Waals surface area contributed by atoms with Crippen molar-refractivity contribution in [1.82, 2.24) is 10.2 Å². The van der Waals surface area contributed by atoms with Crippen LogP contribution in [0.2, 0.25) is 0 Å². The zero-order valence-electron chi connectivity index (χ0n) is 13.4. The van der Waals surface area contributed by atoms with Crippen LogP contribution in [-0.4, -0.2) is 44.4 Å². The van der Waals surface area contributed by atoms with Crippen molar-refractivity contribution in [3.8, 4) is 5.75 Å². The summed E-state index contributed by atoms with van der Waals surface area (Å²) in [4.78, 5) is 1.45. The molecule has 2 rings (SSSR count). The van der Waals surface area contributed by atoms with Gasteiger partial charge in [-0.3, -0.25) is 4.90 Å². The van der Waals surface area contributed by atoms with Crippen molar-refractivity contribution in [2.24, 2.45) is 0 Å². The Balaban J connectivity index is 0.00000312. The van der Waals surface area contributed by atoms with E-state index in [2.05, 4.69) is 5.32 Å². The van der Waals surface area contributed by atoms with Crippen molar-refractivity contribution in [3.63, 3.8) is 0 Å². The highest BCUT2D eigenvalue weighted by atomic mass is 35.5. The molecule has 0 unspecified atom stereocenters. The van der Waals surface area contributed by atoms with E-state index >= 15 is 0 Å². The number of benzene rings is 1. The van der Waals surface area contributed by atoms with E-state index in [-0.39, 0.29) is 36.8 Å². The molecule has 10 heteroatoms. The molecule has 25 heavy (non-hydrogen) atoms. The molecule has 1 aliphatic heterocycles. The number of rotatable bonds is 4. The molecule has 1 atom stereocenters. The van der Waals surface area contributed by atoms with Gasteiger partial charge in [-0.05, 0) is 17.7 Å². The number of hydrogen-bond donors (Lipinski definition) is 1. The number of nitrogens with zero attached hydrogens (tertiary/aromatic N) is 1. The average molecular weight is 393 g/mol. The number of nitrogens with one attached hydrogen (secondary N) is 1. The summed E-state index contributed by atoms with van der Waals surface area (Å²) in [7, 11) is 1.21. The standard InChI is InChI=1S/C15H18F6N2O.ClH/c1-24-10-2-3-11(12(8-10)15(19,20)21)13(9-14(16,17)18)23-6-4-22-5-7-23;/h2-3,8,13,22H,4-7,9H2,1H3;1H/t13-;/m0./s1. The largest absolute Gasteiger partial charge is 0.497 e. The number of methoxy groups -OCH3 is 1. The fourth-order valence-electron chi connectivity index (χ4n) is 2.85. The number of piperazine rings is 1. The summed E-state index contributed by atoms with van der Waals surface area (Å²) in [6.07, 6.45) is -10.7. The third kappa shape index (κ3) is 5.93. The molecule has 0 spiro atoms. The molecule has 144 valence electrons. The summed E-state index contributed by atoms with van der Waals surface area (Å²) in [6.45, 7) is 1.38. The molecule has 1 saturated heterocycles. The van der Waals surface area contributed by atoms with Crippen LogP contribution in [0.4, 0.5) is 26.3 Å². The van der Waals surface area contributed by atoms with Crippen LogP contribution in [0.15, 0.2) is 18.2 Å². The van der Waals surface area contributed by atoms with Gasteiger partial charge in [-0.1, -0.05) is 6.07 Å². The van der Waals surface area contributed by atoms with E-state index in [1.54, 1.807) is 0 Å². The predicted molar refractivity (Wildman–Crippen MR) is 83.1 cm³/mol. The zero-order valence-corrected chi connectivity index (χ0v) is 14.2. The zero-order chi connectivity index (χ0) is 18.0. The molecular weight excluding hydrogens is 374 g/mol. The van der Waals surface area contributed by atoms with Gasteiger partial charge in [0.2, 0.25) is 0 Å². The van der Waals surface area contributed by atoms with Gasteiger partial charge in [-0.15, -0.1) is 12.4 Å². The topological polar surface area (TPSA) is 24.5 Å². The van der Waals surface area contributed by atoms with E-state index in [9.17, 15) is 26.3 Å². The first kappa shape index (κ1) is 21.9. The summed E-state index contributed by atoms with van der Waals surface area (Å²) in [5, 5.41) is 2.98. The van der Waals surface area contributed by atoms with Crippen molar-refractivity contribution in [2.45, 2.75) is 24.8 Å². The minimum absolute atomic E-state index is 0. The highest BCUT2D eigenvalue weighted by Crippen LogP contribution is 2.42. The number of hydrogen-bond acceptors (Lipinski definition) is 3. The lowest BCUT2D eigenvalue weighted by atomic mass is 9.95. The normalized spacial score (nSPS) is 17.7. The van der Waals surface area contributed by atoms with Crippen molar-refractivity contribution >= 4 is 12.4 Å². The smallest absolute Gasteiger partial charge is 0.416 e. The lowest BCUT2D eigenvalue weighted by Crippen LogP contribution is -2.46. The molecule has 1 N–H and O–H groups in total. The van der Waals surface area contributed by atoms with E-state index < -0.39 is 30.4 Å². The second kappa shape index (κ2) is 8.46. The van der Waals surface area contributed by atoms with Gasteiger partial charge in [0.15, 0.2) is 0 Å². The van der Waals surface area contributed by atoms with Crippen LogP contribution >= 0.6 is 12.4 Å². The first-order valence-corrected chi connectivity index (χ1v) is 7.38. The molecule has 1 fully saturated rings. The summed E-state index contributed by atoms with van der Waals surface area (Å²) in [5.74, 6) is -0.0443. The molecule has 1 aromatic rings. The molecule has 0 bridgehead atoms. The highest BCUT2D eigenvalue weighted by molar-refractivity contribution is 5.85. The molecule has 1 aromatic carbocycles. The Morgan fingerprint density at radius 2 is 1.72 bits per heavy atom. The van der Waals surface area contributed by atoms with Crippen molar-refractivity contribution in [2.75, 3.05) is 33.3 Å². The van der Waals surface area contributed by atoms with Crippen molar-refractivity contribution < 1.29 is 31.1 Å². The predicted octanol–water partition coefficient (Wildman–Crippen LogP) is 4.03. The monoisotopic (exact) mass is 392 g/mol. The molecule has 0 radical (unpaired) electrons. The van der Waals surface area contributed by atoms with Crippen LogP contribution < -0.4 is 10.1 Å². The Morgan fingerprint density at radius 1 is 1.12 bits per heavy atom. The van der Waals surface area contributed by atoms with Crippen LogP contribution in [0.1, 0.15) is 23.6 Å². The second-order valence-electron chi connectivity index (χ2n) is 5.57. The van der Waals surface area contributed by atoms with Gasteiger partial charge in [-0.25, -0.2) is 0 Å². The molecule has 1 aliphatic rings. The number of ether oxygens (including phenoxy) is 1. The maximum Gasteiger partial charge on any atom is 0.416 e. The van der Waals surface area contributed by atoms with Crippen molar-refractivity contribution in [1.29, 1.82) is 0 Å². The minimum Gasteiger partial charge on any atom is -0.497 e. The summed E-state index contributed by atoms with van der Waals surface area (Å²) in [5.41, 5.74) is -1.46. The van der Waals surface area contributed by atoms with E-state index in [0.29, 0.717) is 13.1 Å². The Labute approximate surface area is 147 Å². The third-order valence-electron chi connectivity index (χ3n) is 3.94. The maximum atomic E-state index is 13.4.